The molecule has 0 saturated heterocycles. The number of nitrogens with zero attached hydrogens (tertiary/aromatic N) is 1. The predicted molar refractivity (Wildman–Crippen MR) is 132 cm³/mol. The molecule has 0 aliphatic carbocycles. The van der Waals surface area contributed by atoms with Gasteiger partial charge in [0.25, 0.3) is 5.91 Å². The van der Waals surface area contributed by atoms with Crippen LogP contribution in [-0.4, -0.2) is 23.6 Å². The fourth-order valence-corrected chi connectivity index (χ4v) is 4.29. The van der Waals surface area contributed by atoms with Crippen LogP contribution in [0.4, 0.5) is 0 Å². The zero-order chi connectivity index (χ0) is 23.5. The summed E-state index contributed by atoms with van der Waals surface area (Å²) >= 11 is 9.45. The first-order valence-corrected chi connectivity index (χ1v) is 11.4. The zero-order valence-corrected chi connectivity index (χ0v) is 20.4. The number of aromatic nitrogens is 1. The molecule has 0 aliphatic rings. The Bertz CT molecular complexity index is 1340. The molecule has 0 bridgehead atoms. The van der Waals surface area contributed by atoms with E-state index in [-0.39, 0.29) is 24.9 Å². The Morgan fingerprint density at radius 1 is 1.03 bits per heavy atom. The van der Waals surface area contributed by atoms with E-state index < -0.39 is 0 Å². The van der Waals surface area contributed by atoms with Crippen LogP contribution in [0.15, 0.2) is 71.2 Å². The van der Waals surface area contributed by atoms with E-state index in [0.29, 0.717) is 27.5 Å². The van der Waals surface area contributed by atoms with Gasteiger partial charge < -0.3 is 9.47 Å². The second-order valence-corrected chi connectivity index (χ2v) is 8.81. The fraction of sp³-hybridized carbons (Fsp3) is 0.154. The van der Waals surface area contributed by atoms with Crippen molar-refractivity contribution in [2.75, 3.05) is 7.11 Å². The van der Waals surface area contributed by atoms with Gasteiger partial charge in [-0.1, -0.05) is 45.7 Å². The van der Waals surface area contributed by atoms with Crippen LogP contribution in [0.2, 0.25) is 5.02 Å². The van der Waals surface area contributed by atoms with Crippen molar-refractivity contribution in [3.63, 3.8) is 0 Å². The van der Waals surface area contributed by atoms with Crippen LogP contribution < -0.4 is 4.74 Å². The van der Waals surface area contributed by atoms with Crippen molar-refractivity contribution >= 4 is 50.3 Å². The van der Waals surface area contributed by atoms with E-state index in [9.17, 15) is 9.59 Å². The Morgan fingerprint density at radius 2 is 1.76 bits per heavy atom. The maximum Gasteiger partial charge on any atom is 0.310 e. The molecule has 7 heteroatoms. The number of hydrogen-bond acceptors (Lipinski definition) is 4. The number of halogens is 2. The molecular formula is C26H21BrClNO4. The van der Waals surface area contributed by atoms with Gasteiger partial charge in [0.2, 0.25) is 0 Å². The third kappa shape index (κ3) is 4.82. The predicted octanol–water partition coefficient (Wildman–Crippen LogP) is 6.35. The van der Waals surface area contributed by atoms with Gasteiger partial charge in [-0.15, -0.1) is 0 Å². The Labute approximate surface area is 205 Å². The number of esters is 1. The summed E-state index contributed by atoms with van der Waals surface area (Å²) in [5.41, 5.74) is 3.48. The van der Waals surface area contributed by atoms with Crippen molar-refractivity contribution < 1.29 is 19.1 Å². The molecule has 4 aromatic rings. The van der Waals surface area contributed by atoms with E-state index in [0.717, 1.165) is 21.0 Å². The van der Waals surface area contributed by atoms with Crippen molar-refractivity contribution in [1.82, 2.24) is 4.57 Å². The molecule has 0 atom stereocenters. The standard InChI is InChI=1S/C26H21BrClNO4/c1-16-21(14-25(30)33-15-18-5-3-4-6-23(18)27)22-13-20(32-2)11-12-24(22)29(16)26(31)17-7-9-19(28)10-8-17/h3-13H,14-15H2,1-2H3. The minimum atomic E-state index is -0.380. The lowest BCUT2D eigenvalue weighted by Gasteiger charge is -2.09. The topological polar surface area (TPSA) is 57.5 Å². The highest BCUT2D eigenvalue weighted by atomic mass is 79.9. The molecule has 1 aromatic heterocycles. The Morgan fingerprint density at radius 3 is 2.45 bits per heavy atom. The van der Waals surface area contributed by atoms with Gasteiger partial charge in [-0.25, -0.2) is 0 Å². The van der Waals surface area contributed by atoms with Crippen LogP contribution in [0.1, 0.15) is 27.2 Å². The number of methoxy groups -OCH3 is 1. The van der Waals surface area contributed by atoms with Crippen LogP contribution in [0.3, 0.4) is 0 Å². The number of rotatable bonds is 6. The lowest BCUT2D eigenvalue weighted by Crippen LogP contribution is -2.14. The van der Waals surface area contributed by atoms with Gasteiger partial charge in [0.15, 0.2) is 0 Å². The summed E-state index contributed by atoms with van der Waals surface area (Å²) in [5, 5.41) is 1.32. The Balaban J connectivity index is 1.69. The quantitative estimate of drug-likeness (QED) is 0.275. The highest BCUT2D eigenvalue weighted by Gasteiger charge is 2.22. The molecule has 3 aromatic carbocycles. The van der Waals surface area contributed by atoms with Crippen LogP contribution in [0.25, 0.3) is 10.9 Å². The van der Waals surface area contributed by atoms with Crippen molar-refractivity contribution in [2.24, 2.45) is 0 Å². The summed E-state index contributed by atoms with van der Waals surface area (Å²) in [6.07, 6.45) is 0.0286. The van der Waals surface area contributed by atoms with E-state index in [1.54, 1.807) is 42.0 Å². The normalized spacial score (nSPS) is 10.9. The van der Waals surface area contributed by atoms with Crippen LogP contribution in [0, 0.1) is 6.92 Å². The van der Waals surface area contributed by atoms with Crippen molar-refractivity contribution in [1.29, 1.82) is 0 Å². The molecule has 0 N–H and O–H groups in total. The van der Waals surface area contributed by atoms with Crippen molar-refractivity contribution in [2.45, 2.75) is 20.0 Å². The van der Waals surface area contributed by atoms with Gasteiger partial charge in [0.1, 0.15) is 12.4 Å². The molecule has 0 spiro atoms. The Kier molecular flexibility index (Phi) is 6.86. The number of benzene rings is 3. The van der Waals surface area contributed by atoms with Crippen molar-refractivity contribution in [3.05, 3.63) is 98.6 Å². The van der Waals surface area contributed by atoms with Gasteiger partial charge in [-0.05, 0) is 61.0 Å². The number of ether oxygens (including phenoxy) is 2. The van der Waals surface area contributed by atoms with E-state index in [4.69, 9.17) is 21.1 Å². The molecule has 168 valence electrons. The third-order valence-corrected chi connectivity index (χ3v) is 6.53. The summed E-state index contributed by atoms with van der Waals surface area (Å²) in [6, 6.07) is 19.8. The third-order valence-electron chi connectivity index (χ3n) is 5.50. The lowest BCUT2D eigenvalue weighted by molar-refractivity contribution is -0.144. The van der Waals surface area contributed by atoms with E-state index in [2.05, 4.69) is 15.9 Å². The average molecular weight is 527 g/mol. The molecule has 33 heavy (non-hydrogen) atoms. The minimum absolute atomic E-state index is 0.0286. The molecular weight excluding hydrogens is 506 g/mol. The van der Waals surface area contributed by atoms with E-state index in [1.165, 1.54) is 0 Å². The monoisotopic (exact) mass is 525 g/mol. The minimum Gasteiger partial charge on any atom is -0.497 e. The molecule has 0 fully saturated rings. The molecule has 0 radical (unpaired) electrons. The van der Waals surface area contributed by atoms with Crippen molar-refractivity contribution in [3.8, 4) is 5.75 Å². The van der Waals surface area contributed by atoms with Gasteiger partial charge in [-0.2, -0.15) is 0 Å². The maximum absolute atomic E-state index is 13.4. The average Bonchev–Trinajstić information content (AvgIpc) is 3.09. The number of carbonyl (C=O) groups excluding carboxylic acids is 2. The summed E-state index contributed by atoms with van der Waals surface area (Å²) in [6.45, 7) is 1.99. The molecule has 0 amide bonds. The molecule has 4 rings (SSSR count). The second-order valence-electron chi connectivity index (χ2n) is 7.52. The highest BCUT2D eigenvalue weighted by molar-refractivity contribution is 9.10. The first-order valence-electron chi connectivity index (χ1n) is 10.3. The fourth-order valence-electron chi connectivity index (χ4n) is 3.76. The lowest BCUT2D eigenvalue weighted by atomic mass is 10.1. The van der Waals surface area contributed by atoms with Gasteiger partial charge >= 0.3 is 5.97 Å². The van der Waals surface area contributed by atoms with Crippen LogP contribution in [0.5, 0.6) is 5.75 Å². The Hall–Kier alpha value is -3.09. The summed E-state index contributed by atoms with van der Waals surface area (Å²) < 4.78 is 13.4. The van der Waals surface area contributed by atoms with Gasteiger partial charge in [0.05, 0.1) is 19.0 Å². The first kappa shape index (κ1) is 23.1. The first-order chi connectivity index (χ1) is 15.9. The number of fused-ring (bicyclic) bond motifs is 1. The molecule has 5 nitrogen and oxygen atoms in total. The molecule has 0 saturated carbocycles. The SMILES string of the molecule is COc1ccc2c(c1)c(CC(=O)OCc1ccccc1Br)c(C)n2C(=O)c1ccc(Cl)cc1. The van der Waals surface area contributed by atoms with E-state index in [1.807, 2.05) is 43.3 Å². The second kappa shape index (κ2) is 9.81. The number of hydrogen-bond donors (Lipinski definition) is 0. The number of carbonyl (C=O) groups is 2. The zero-order valence-electron chi connectivity index (χ0n) is 18.1. The van der Waals surface area contributed by atoms with Gasteiger partial charge in [0, 0.05) is 31.7 Å². The molecule has 0 unspecified atom stereocenters. The maximum atomic E-state index is 13.4. The summed E-state index contributed by atoms with van der Waals surface area (Å²) in [7, 11) is 1.58. The van der Waals surface area contributed by atoms with Crippen LogP contribution in [-0.2, 0) is 22.6 Å². The summed E-state index contributed by atoms with van der Waals surface area (Å²) in [4.78, 5) is 26.1. The largest absolute Gasteiger partial charge is 0.497 e. The molecule has 0 aliphatic heterocycles. The smallest absolute Gasteiger partial charge is 0.310 e. The molecule has 1 heterocycles. The van der Waals surface area contributed by atoms with E-state index >= 15 is 0 Å². The summed E-state index contributed by atoms with van der Waals surface area (Å²) in [5.74, 6) is 0.0586. The van der Waals surface area contributed by atoms with Crippen LogP contribution >= 0.6 is 27.5 Å². The van der Waals surface area contributed by atoms with Gasteiger partial charge in [-0.3, -0.25) is 14.2 Å². The highest BCUT2D eigenvalue weighted by Crippen LogP contribution is 2.31.